The molecule has 1 aliphatic rings. The van der Waals surface area contributed by atoms with Gasteiger partial charge in [0.15, 0.2) is 0 Å². The first-order valence-electron chi connectivity index (χ1n) is 8.27. The summed E-state index contributed by atoms with van der Waals surface area (Å²) in [5, 5.41) is 3.57. The molecule has 20 heavy (non-hydrogen) atoms. The summed E-state index contributed by atoms with van der Waals surface area (Å²) >= 11 is 0. The van der Waals surface area contributed by atoms with E-state index in [1.165, 1.54) is 50.5 Å². The highest BCUT2D eigenvalue weighted by Gasteiger charge is 2.23. The summed E-state index contributed by atoms with van der Waals surface area (Å²) in [6, 6.07) is 7.19. The van der Waals surface area contributed by atoms with Crippen molar-refractivity contribution in [1.29, 1.82) is 0 Å². The quantitative estimate of drug-likeness (QED) is 0.577. The molecule has 1 aromatic carbocycles. The lowest BCUT2D eigenvalue weighted by Crippen LogP contribution is -2.27. The van der Waals surface area contributed by atoms with Crippen LogP contribution in [-0.2, 0) is 0 Å². The number of halogens is 1. The van der Waals surface area contributed by atoms with Crippen molar-refractivity contribution in [3.8, 4) is 0 Å². The van der Waals surface area contributed by atoms with Crippen LogP contribution in [0.1, 0.15) is 63.4 Å². The van der Waals surface area contributed by atoms with Crippen molar-refractivity contribution < 1.29 is 4.39 Å². The molecule has 1 N–H and O–H groups in total. The summed E-state index contributed by atoms with van der Waals surface area (Å²) in [5.41, 5.74) is 1.31. The smallest absolute Gasteiger partial charge is 0.123 e. The maximum atomic E-state index is 13.1. The molecule has 0 aliphatic heterocycles. The third kappa shape index (κ3) is 4.59. The largest absolute Gasteiger partial charge is 0.316 e. The Balaban J connectivity index is 2.07. The van der Waals surface area contributed by atoms with E-state index >= 15 is 0 Å². The van der Waals surface area contributed by atoms with Crippen molar-refractivity contribution in [2.24, 2.45) is 5.92 Å². The molecule has 2 rings (SSSR count). The van der Waals surface area contributed by atoms with Gasteiger partial charge in [-0.25, -0.2) is 4.39 Å². The molecule has 1 nitrogen and oxygen atoms in total. The fraction of sp³-hybridized carbons (Fsp3) is 0.667. The van der Waals surface area contributed by atoms with Gasteiger partial charge >= 0.3 is 0 Å². The van der Waals surface area contributed by atoms with Crippen molar-refractivity contribution in [3.05, 3.63) is 35.6 Å². The van der Waals surface area contributed by atoms with Gasteiger partial charge in [-0.2, -0.15) is 0 Å². The van der Waals surface area contributed by atoms with Crippen LogP contribution in [0.4, 0.5) is 4.39 Å². The van der Waals surface area contributed by atoms with Crippen LogP contribution in [-0.4, -0.2) is 13.1 Å². The van der Waals surface area contributed by atoms with Crippen LogP contribution in [0.2, 0.25) is 0 Å². The van der Waals surface area contributed by atoms with Crippen LogP contribution >= 0.6 is 0 Å². The standard InChI is InChI=1S/C18H28FN/c1-2-13-20-14-18(15-7-5-3-4-6-8-15)16-9-11-17(19)12-10-16/h9-12,15,18,20H,2-8,13-14H2,1H3. The molecule has 1 fully saturated rings. The molecular formula is C18H28FN. The van der Waals surface area contributed by atoms with E-state index in [1.54, 1.807) is 12.1 Å². The molecule has 1 aromatic rings. The van der Waals surface area contributed by atoms with Crippen molar-refractivity contribution >= 4 is 0 Å². The molecule has 1 unspecified atom stereocenters. The van der Waals surface area contributed by atoms with E-state index in [-0.39, 0.29) is 5.82 Å². The average Bonchev–Trinajstić information content (AvgIpc) is 2.74. The zero-order valence-electron chi connectivity index (χ0n) is 12.7. The topological polar surface area (TPSA) is 12.0 Å². The van der Waals surface area contributed by atoms with E-state index < -0.39 is 0 Å². The van der Waals surface area contributed by atoms with Crippen molar-refractivity contribution in [2.45, 2.75) is 57.8 Å². The molecule has 0 saturated heterocycles. The summed E-state index contributed by atoms with van der Waals surface area (Å²) < 4.78 is 13.1. The van der Waals surface area contributed by atoms with E-state index in [0.29, 0.717) is 5.92 Å². The third-order valence-corrected chi connectivity index (χ3v) is 4.56. The van der Waals surface area contributed by atoms with Gasteiger partial charge in [-0.3, -0.25) is 0 Å². The lowest BCUT2D eigenvalue weighted by atomic mass is 9.81. The Labute approximate surface area is 123 Å². The second kappa shape index (κ2) is 8.41. The van der Waals surface area contributed by atoms with Gasteiger partial charge in [0.25, 0.3) is 0 Å². The predicted octanol–water partition coefficient (Wildman–Crippen LogP) is 4.88. The van der Waals surface area contributed by atoms with Crippen molar-refractivity contribution in [3.63, 3.8) is 0 Å². The number of nitrogens with one attached hydrogen (secondary N) is 1. The van der Waals surface area contributed by atoms with Gasteiger partial charge in [0.05, 0.1) is 0 Å². The third-order valence-electron chi connectivity index (χ3n) is 4.56. The van der Waals surface area contributed by atoms with E-state index in [0.717, 1.165) is 19.0 Å². The highest BCUT2D eigenvalue weighted by atomic mass is 19.1. The van der Waals surface area contributed by atoms with E-state index in [9.17, 15) is 4.39 Å². The summed E-state index contributed by atoms with van der Waals surface area (Å²) in [4.78, 5) is 0. The zero-order chi connectivity index (χ0) is 14.2. The Kier molecular flexibility index (Phi) is 6.52. The number of rotatable bonds is 6. The molecule has 1 saturated carbocycles. The van der Waals surface area contributed by atoms with Crippen LogP contribution in [0.25, 0.3) is 0 Å². The highest BCUT2D eigenvalue weighted by Crippen LogP contribution is 2.35. The fourth-order valence-corrected chi connectivity index (χ4v) is 3.41. The van der Waals surface area contributed by atoms with Crippen LogP contribution < -0.4 is 5.32 Å². The molecule has 0 bridgehead atoms. The number of hydrogen-bond donors (Lipinski definition) is 1. The first kappa shape index (κ1) is 15.5. The SMILES string of the molecule is CCCNCC(c1ccc(F)cc1)C1CCCCCC1. The van der Waals surface area contributed by atoms with Crippen LogP contribution in [0.3, 0.4) is 0 Å². The molecule has 2 heteroatoms. The van der Waals surface area contributed by atoms with Gasteiger partial charge in [-0.1, -0.05) is 44.7 Å². The highest BCUT2D eigenvalue weighted by molar-refractivity contribution is 5.22. The minimum Gasteiger partial charge on any atom is -0.316 e. The second-order valence-corrected chi connectivity index (χ2v) is 6.11. The van der Waals surface area contributed by atoms with Crippen LogP contribution in [0.5, 0.6) is 0 Å². The minimum absolute atomic E-state index is 0.130. The molecular weight excluding hydrogens is 249 g/mol. The fourth-order valence-electron chi connectivity index (χ4n) is 3.41. The van der Waals surface area contributed by atoms with Gasteiger partial charge in [0.2, 0.25) is 0 Å². The normalized spacial score (nSPS) is 18.7. The van der Waals surface area contributed by atoms with E-state index in [1.807, 2.05) is 12.1 Å². The van der Waals surface area contributed by atoms with Gasteiger partial charge < -0.3 is 5.32 Å². The Morgan fingerprint density at radius 2 is 1.75 bits per heavy atom. The molecule has 1 aliphatic carbocycles. The Morgan fingerprint density at radius 1 is 1.10 bits per heavy atom. The molecule has 0 spiro atoms. The minimum atomic E-state index is -0.130. The second-order valence-electron chi connectivity index (χ2n) is 6.11. The Bertz CT molecular complexity index is 366. The number of hydrogen-bond acceptors (Lipinski definition) is 1. The monoisotopic (exact) mass is 277 g/mol. The lowest BCUT2D eigenvalue weighted by Gasteiger charge is -2.27. The van der Waals surface area contributed by atoms with Gasteiger partial charge in [0, 0.05) is 6.54 Å². The summed E-state index contributed by atoms with van der Waals surface area (Å²) in [6.07, 6.45) is 9.31. The molecule has 1 atom stereocenters. The molecule has 0 amide bonds. The predicted molar refractivity (Wildman–Crippen MR) is 83.5 cm³/mol. The van der Waals surface area contributed by atoms with E-state index in [4.69, 9.17) is 0 Å². The Hall–Kier alpha value is -0.890. The van der Waals surface area contributed by atoms with Gasteiger partial charge in [-0.05, 0) is 55.3 Å². The molecule has 112 valence electrons. The zero-order valence-corrected chi connectivity index (χ0v) is 12.7. The average molecular weight is 277 g/mol. The molecule has 0 radical (unpaired) electrons. The van der Waals surface area contributed by atoms with Crippen molar-refractivity contribution in [2.75, 3.05) is 13.1 Å². The van der Waals surface area contributed by atoms with Crippen LogP contribution in [0, 0.1) is 11.7 Å². The Morgan fingerprint density at radius 3 is 2.35 bits per heavy atom. The first-order chi connectivity index (χ1) is 9.81. The van der Waals surface area contributed by atoms with Gasteiger partial charge in [-0.15, -0.1) is 0 Å². The number of benzene rings is 1. The maximum absolute atomic E-state index is 13.1. The van der Waals surface area contributed by atoms with Crippen LogP contribution in [0.15, 0.2) is 24.3 Å². The molecule has 0 aromatic heterocycles. The summed E-state index contributed by atoms with van der Waals surface area (Å²) in [5.74, 6) is 1.17. The lowest BCUT2D eigenvalue weighted by molar-refractivity contribution is 0.361. The first-order valence-corrected chi connectivity index (χ1v) is 8.27. The summed E-state index contributed by atoms with van der Waals surface area (Å²) in [6.45, 7) is 4.31. The maximum Gasteiger partial charge on any atom is 0.123 e. The van der Waals surface area contributed by atoms with E-state index in [2.05, 4.69) is 12.2 Å². The molecule has 0 heterocycles. The summed E-state index contributed by atoms with van der Waals surface area (Å²) in [7, 11) is 0. The van der Waals surface area contributed by atoms with Gasteiger partial charge in [0.1, 0.15) is 5.82 Å². The van der Waals surface area contributed by atoms with Crippen molar-refractivity contribution in [1.82, 2.24) is 5.32 Å².